The first-order valence-electron chi connectivity index (χ1n) is 6.39. The first-order valence-corrected chi connectivity index (χ1v) is 6.39. The molecule has 2 atom stereocenters. The lowest BCUT2D eigenvalue weighted by Gasteiger charge is -2.21. The van der Waals surface area contributed by atoms with Gasteiger partial charge in [0.1, 0.15) is 0 Å². The molecular weight excluding hydrogens is 242 g/mol. The van der Waals surface area contributed by atoms with Crippen LogP contribution in [-0.4, -0.2) is 29.4 Å². The summed E-state index contributed by atoms with van der Waals surface area (Å²) in [6.07, 6.45) is 0.663. The highest BCUT2D eigenvalue weighted by Gasteiger charge is 2.44. The Kier molecular flexibility index (Phi) is 3.08. The first-order chi connectivity index (χ1) is 9.18. The van der Waals surface area contributed by atoms with Crippen molar-refractivity contribution in [2.24, 2.45) is 5.73 Å². The predicted molar refractivity (Wildman–Crippen MR) is 69.7 cm³/mol. The fourth-order valence-electron chi connectivity index (χ4n) is 2.25. The topological polar surface area (TPSA) is 74.2 Å². The predicted octanol–water partition coefficient (Wildman–Crippen LogP) is 1.28. The van der Waals surface area contributed by atoms with Crippen LogP contribution in [0.4, 0.5) is 0 Å². The van der Waals surface area contributed by atoms with Crippen molar-refractivity contribution in [2.75, 3.05) is 13.2 Å². The van der Waals surface area contributed by atoms with E-state index in [1.54, 1.807) is 0 Å². The quantitative estimate of drug-likeness (QED) is 0.898. The van der Waals surface area contributed by atoms with E-state index in [4.69, 9.17) is 15.0 Å². The highest BCUT2D eigenvalue weighted by Crippen LogP contribution is 2.30. The van der Waals surface area contributed by atoms with Crippen LogP contribution in [0.5, 0.6) is 0 Å². The summed E-state index contributed by atoms with van der Waals surface area (Å²) in [5, 5.41) is 4.04. The van der Waals surface area contributed by atoms with E-state index in [1.165, 1.54) is 0 Å². The van der Waals surface area contributed by atoms with Gasteiger partial charge in [0, 0.05) is 12.5 Å². The Hall–Kier alpha value is -1.72. The minimum atomic E-state index is -0.373. The van der Waals surface area contributed by atoms with Gasteiger partial charge in [0.2, 0.25) is 5.89 Å². The normalized spacial score (nSPS) is 26.7. The fraction of sp³-hybridized carbons (Fsp3) is 0.429. The summed E-state index contributed by atoms with van der Waals surface area (Å²) in [5.74, 6) is 1.25. The minimum absolute atomic E-state index is 0.0995. The molecule has 5 heteroatoms. The van der Waals surface area contributed by atoms with Crippen molar-refractivity contribution in [1.82, 2.24) is 10.1 Å². The monoisotopic (exact) mass is 259 g/mol. The summed E-state index contributed by atoms with van der Waals surface area (Å²) >= 11 is 0. The second-order valence-corrected chi connectivity index (χ2v) is 5.22. The second kappa shape index (κ2) is 4.75. The third kappa shape index (κ3) is 2.27. The summed E-state index contributed by atoms with van der Waals surface area (Å²) in [6.45, 7) is 3.07. The summed E-state index contributed by atoms with van der Waals surface area (Å²) < 4.78 is 10.8. The van der Waals surface area contributed by atoms with E-state index in [-0.39, 0.29) is 11.5 Å². The van der Waals surface area contributed by atoms with Crippen LogP contribution >= 0.6 is 0 Å². The Morgan fingerprint density at radius 2 is 2.16 bits per heavy atom. The molecule has 2 heterocycles. The van der Waals surface area contributed by atoms with Gasteiger partial charge in [-0.2, -0.15) is 4.98 Å². The Bertz CT molecular complexity index is 555. The molecule has 0 radical (unpaired) electrons. The molecule has 19 heavy (non-hydrogen) atoms. The lowest BCUT2D eigenvalue weighted by molar-refractivity contribution is 0.169. The van der Waals surface area contributed by atoms with Gasteiger partial charge in [-0.1, -0.05) is 35.5 Å². The van der Waals surface area contributed by atoms with Gasteiger partial charge in [0.05, 0.1) is 18.6 Å². The zero-order valence-corrected chi connectivity index (χ0v) is 10.9. The molecule has 2 aromatic rings. The number of hydrogen-bond acceptors (Lipinski definition) is 5. The first kappa shape index (κ1) is 12.3. The highest BCUT2D eigenvalue weighted by molar-refractivity contribution is 5.19. The van der Waals surface area contributed by atoms with Crippen LogP contribution in [0.3, 0.4) is 0 Å². The molecule has 0 bridgehead atoms. The van der Waals surface area contributed by atoms with E-state index < -0.39 is 0 Å². The lowest BCUT2D eigenvalue weighted by Crippen LogP contribution is -2.42. The van der Waals surface area contributed by atoms with Crippen LogP contribution < -0.4 is 5.73 Å². The number of aromatic nitrogens is 2. The Balaban J connectivity index is 1.80. The molecule has 0 saturated carbocycles. The van der Waals surface area contributed by atoms with Crippen molar-refractivity contribution in [1.29, 1.82) is 0 Å². The van der Waals surface area contributed by atoms with Gasteiger partial charge < -0.3 is 15.0 Å². The smallest absolute Gasteiger partial charge is 0.236 e. The maximum Gasteiger partial charge on any atom is 0.236 e. The number of benzene rings is 1. The van der Waals surface area contributed by atoms with Crippen molar-refractivity contribution in [3.05, 3.63) is 47.6 Å². The third-order valence-electron chi connectivity index (χ3n) is 3.68. The van der Waals surface area contributed by atoms with Crippen molar-refractivity contribution in [3.8, 4) is 0 Å². The molecule has 1 aromatic heterocycles. The van der Waals surface area contributed by atoms with E-state index in [0.717, 1.165) is 5.56 Å². The SMILES string of the molecule is CC1(c2nc(Cc3ccccc3)no2)COCC1N. The van der Waals surface area contributed by atoms with Crippen LogP contribution in [0.15, 0.2) is 34.9 Å². The number of hydrogen-bond donors (Lipinski definition) is 1. The molecule has 5 nitrogen and oxygen atoms in total. The number of nitrogens with two attached hydrogens (primary N) is 1. The maximum absolute atomic E-state index is 6.05. The lowest BCUT2D eigenvalue weighted by atomic mass is 9.86. The van der Waals surface area contributed by atoms with Crippen molar-refractivity contribution in [2.45, 2.75) is 24.8 Å². The third-order valence-corrected chi connectivity index (χ3v) is 3.68. The zero-order chi connectivity index (χ0) is 13.3. The van der Waals surface area contributed by atoms with Crippen molar-refractivity contribution >= 4 is 0 Å². The zero-order valence-electron chi connectivity index (χ0n) is 10.9. The number of ether oxygens (including phenoxy) is 1. The van der Waals surface area contributed by atoms with E-state index >= 15 is 0 Å². The highest BCUT2D eigenvalue weighted by atomic mass is 16.5. The Labute approximate surface area is 111 Å². The van der Waals surface area contributed by atoms with Crippen molar-refractivity contribution in [3.63, 3.8) is 0 Å². The molecule has 2 unspecified atom stereocenters. The number of rotatable bonds is 3. The second-order valence-electron chi connectivity index (χ2n) is 5.22. The summed E-state index contributed by atoms with van der Waals surface area (Å²) in [7, 11) is 0. The largest absolute Gasteiger partial charge is 0.379 e. The van der Waals surface area contributed by atoms with Crippen molar-refractivity contribution < 1.29 is 9.26 Å². The van der Waals surface area contributed by atoms with Crippen LogP contribution in [0.1, 0.15) is 24.2 Å². The maximum atomic E-state index is 6.05. The van der Waals surface area contributed by atoms with Crippen LogP contribution in [0, 0.1) is 0 Å². The molecule has 0 spiro atoms. The van der Waals surface area contributed by atoms with Gasteiger partial charge in [-0.15, -0.1) is 0 Å². The van der Waals surface area contributed by atoms with Gasteiger partial charge in [0.15, 0.2) is 5.82 Å². The van der Waals surface area contributed by atoms with E-state index in [2.05, 4.69) is 10.1 Å². The van der Waals surface area contributed by atoms with Crippen LogP contribution in [0.25, 0.3) is 0 Å². The molecule has 3 rings (SSSR count). The number of nitrogens with zero attached hydrogens (tertiary/aromatic N) is 2. The van der Waals surface area contributed by atoms with E-state index in [0.29, 0.717) is 31.3 Å². The Morgan fingerprint density at radius 1 is 1.37 bits per heavy atom. The van der Waals surface area contributed by atoms with Crippen LogP contribution in [-0.2, 0) is 16.6 Å². The summed E-state index contributed by atoms with van der Waals surface area (Å²) in [4.78, 5) is 4.47. The van der Waals surface area contributed by atoms with E-state index in [1.807, 2.05) is 37.3 Å². The van der Waals surface area contributed by atoms with Crippen LogP contribution in [0.2, 0.25) is 0 Å². The van der Waals surface area contributed by atoms with Gasteiger partial charge in [-0.3, -0.25) is 0 Å². The Morgan fingerprint density at radius 3 is 2.84 bits per heavy atom. The average molecular weight is 259 g/mol. The van der Waals surface area contributed by atoms with Gasteiger partial charge in [-0.25, -0.2) is 0 Å². The minimum Gasteiger partial charge on any atom is -0.379 e. The molecule has 1 aromatic carbocycles. The molecule has 1 saturated heterocycles. The standard InChI is InChI=1S/C14H17N3O2/c1-14(9-18-8-11(14)15)13-16-12(17-19-13)7-10-5-3-2-4-6-10/h2-6,11H,7-9,15H2,1H3. The molecule has 1 aliphatic rings. The molecule has 2 N–H and O–H groups in total. The molecule has 1 fully saturated rings. The summed E-state index contributed by atoms with van der Waals surface area (Å²) in [6, 6.07) is 9.97. The average Bonchev–Trinajstić information content (AvgIpc) is 3.00. The van der Waals surface area contributed by atoms with Gasteiger partial charge in [0.25, 0.3) is 0 Å². The van der Waals surface area contributed by atoms with E-state index in [9.17, 15) is 0 Å². The molecule has 0 amide bonds. The molecule has 0 aliphatic carbocycles. The summed E-state index contributed by atoms with van der Waals surface area (Å²) in [5.41, 5.74) is 6.84. The molecular formula is C14H17N3O2. The molecule has 1 aliphatic heterocycles. The molecule has 100 valence electrons. The van der Waals surface area contributed by atoms with Gasteiger partial charge in [-0.05, 0) is 12.5 Å². The van der Waals surface area contributed by atoms with Gasteiger partial charge >= 0.3 is 0 Å². The fourth-order valence-corrected chi connectivity index (χ4v) is 2.25.